The fraction of sp³-hybridized carbons (Fsp3) is 0.464. The van der Waals surface area contributed by atoms with Gasteiger partial charge in [0.05, 0.1) is 4.90 Å². The Hall–Kier alpha value is -3.44. The second-order valence-corrected chi connectivity index (χ2v) is 12.1. The quantitative estimate of drug-likeness (QED) is 0.176. The lowest BCUT2D eigenvalue weighted by Gasteiger charge is -2.26. The summed E-state index contributed by atoms with van der Waals surface area (Å²) >= 11 is 0. The Morgan fingerprint density at radius 3 is 2.08 bits per heavy atom. The monoisotopic (exact) mass is 559 g/mol. The molecule has 6 N–H and O–H groups in total. The molecule has 39 heavy (non-hydrogen) atoms. The van der Waals surface area contributed by atoms with E-state index in [9.17, 15) is 23.1 Å². The van der Waals surface area contributed by atoms with Gasteiger partial charge in [-0.2, -0.15) is 4.72 Å². The standard InChI is InChI=1S/C28H39N4O6S/c1-15(2)20-10-11-24(26(17(5)6)25(20)16(3)4)39(36,37)32-23(27(34)35)13-19-8-9-21(18(7)38-14-33)22(12-19)31-28(29)30/h8-12,15-18,23,32H,13H2,1-7H3,(H,34,35)(H4,29,30,31)/t18?,23-/m0/s1. The number of nitrogens with two attached hydrogens (primary N) is 1. The van der Waals surface area contributed by atoms with Crippen molar-refractivity contribution in [2.75, 3.05) is 5.32 Å². The van der Waals surface area contributed by atoms with Gasteiger partial charge in [0.25, 0.3) is 0 Å². The molecular formula is C28H39N4O6S. The smallest absolute Gasteiger partial charge is 0.418 e. The van der Waals surface area contributed by atoms with Crippen molar-refractivity contribution < 1.29 is 27.9 Å². The van der Waals surface area contributed by atoms with Crippen molar-refractivity contribution in [3.05, 3.63) is 58.1 Å². The van der Waals surface area contributed by atoms with Gasteiger partial charge >= 0.3 is 12.4 Å². The van der Waals surface area contributed by atoms with Crippen LogP contribution in [0, 0.1) is 5.41 Å². The molecular weight excluding hydrogens is 520 g/mol. The highest BCUT2D eigenvalue weighted by atomic mass is 32.2. The second-order valence-electron chi connectivity index (χ2n) is 10.5. The first kappa shape index (κ1) is 31.8. The summed E-state index contributed by atoms with van der Waals surface area (Å²) in [6.07, 6.45) is -0.903. The molecule has 0 heterocycles. The summed E-state index contributed by atoms with van der Waals surface area (Å²) in [6, 6.07) is 6.63. The molecule has 0 spiro atoms. The zero-order valence-corrected chi connectivity index (χ0v) is 24.3. The SMILES string of the molecule is CC(C)c1ccc(S(=O)(=O)N[C@@H](Cc2ccc(C(C)O[C]=O)c(NC(=N)N)c2)C(=O)O)c(C(C)C)c1C(C)C. The molecule has 2 aromatic rings. The highest BCUT2D eigenvalue weighted by Gasteiger charge is 2.31. The number of aliphatic carboxylic acids is 1. The van der Waals surface area contributed by atoms with E-state index in [1.54, 1.807) is 31.2 Å². The molecule has 1 radical (unpaired) electrons. The minimum atomic E-state index is -4.22. The van der Waals surface area contributed by atoms with Gasteiger partial charge in [0.2, 0.25) is 10.0 Å². The van der Waals surface area contributed by atoms with E-state index in [4.69, 9.17) is 15.9 Å². The van der Waals surface area contributed by atoms with E-state index in [0.717, 1.165) is 11.1 Å². The van der Waals surface area contributed by atoms with Gasteiger partial charge in [-0.1, -0.05) is 59.7 Å². The Morgan fingerprint density at radius 1 is 1.00 bits per heavy atom. The minimum Gasteiger partial charge on any atom is -0.480 e. The Balaban J connectivity index is 2.53. The third-order valence-corrected chi connectivity index (χ3v) is 7.96. The predicted molar refractivity (Wildman–Crippen MR) is 151 cm³/mol. The summed E-state index contributed by atoms with van der Waals surface area (Å²) in [4.78, 5) is 23.0. The van der Waals surface area contributed by atoms with Crippen LogP contribution >= 0.6 is 0 Å². The molecule has 0 saturated carbocycles. The van der Waals surface area contributed by atoms with Crippen LogP contribution in [0.4, 0.5) is 5.69 Å². The topological polar surface area (TPSA) is 172 Å². The molecule has 1 unspecified atom stereocenters. The number of anilines is 1. The molecule has 0 aliphatic carbocycles. The Morgan fingerprint density at radius 2 is 1.59 bits per heavy atom. The van der Waals surface area contributed by atoms with E-state index >= 15 is 0 Å². The second kappa shape index (κ2) is 13.1. The Labute approximate surface area is 230 Å². The van der Waals surface area contributed by atoms with Crippen molar-refractivity contribution >= 4 is 34.1 Å². The molecule has 0 aliphatic rings. The van der Waals surface area contributed by atoms with Crippen molar-refractivity contribution in [2.24, 2.45) is 5.73 Å². The zero-order chi connectivity index (χ0) is 29.7. The van der Waals surface area contributed by atoms with Crippen LogP contribution < -0.4 is 15.8 Å². The molecule has 10 nitrogen and oxygen atoms in total. The first-order valence-electron chi connectivity index (χ1n) is 12.8. The number of rotatable bonds is 13. The molecule has 0 bridgehead atoms. The van der Waals surface area contributed by atoms with Crippen molar-refractivity contribution in [3.63, 3.8) is 0 Å². The largest absolute Gasteiger partial charge is 0.480 e. The first-order valence-corrected chi connectivity index (χ1v) is 14.3. The van der Waals surface area contributed by atoms with Crippen molar-refractivity contribution in [2.45, 2.75) is 89.7 Å². The van der Waals surface area contributed by atoms with E-state index < -0.39 is 28.1 Å². The van der Waals surface area contributed by atoms with Gasteiger partial charge in [0, 0.05) is 11.3 Å². The van der Waals surface area contributed by atoms with E-state index in [0.29, 0.717) is 22.4 Å². The molecule has 0 saturated heterocycles. The van der Waals surface area contributed by atoms with Crippen LogP contribution in [0.3, 0.4) is 0 Å². The lowest BCUT2D eigenvalue weighted by Crippen LogP contribution is -2.42. The van der Waals surface area contributed by atoms with Crippen LogP contribution in [-0.4, -0.2) is 38.0 Å². The first-order chi connectivity index (χ1) is 18.1. The summed E-state index contributed by atoms with van der Waals surface area (Å²) < 4.78 is 34.6. The van der Waals surface area contributed by atoms with E-state index in [1.165, 1.54) is 6.47 Å². The van der Waals surface area contributed by atoms with E-state index in [-0.39, 0.29) is 35.0 Å². The van der Waals surface area contributed by atoms with Gasteiger partial charge in [0.1, 0.15) is 12.1 Å². The summed E-state index contributed by atoms with van der Waals surface area (Å²) in [5.41, 5.74) is 9.47. The highest BCUT2D eigenvalue weighted by Crippen LogP contribution is 2.37. The number of nitrogens with one attached hydrogen (secondary N) is 3. The van der Waals surface area contributed by atoms with Crippen molar-refractivity contribution in [1.82, 2.24) is 4.72 Å². The summed E-state index contributed by atoms with van der Waals surface area (Å²) in [6.45, 7) is 15.0. The molecule has 2 aromatic carbocycles. The summed E-state index contributed by atoms with van der Waals surface area (Å²) in [5, 5.41) is 20.2. The van der Waals surface area contributed by atoms with E-state index in [2.05, 4.69) is 23.9 Å². The Kier molecular flexibility index (Phi) is 10.7. The minimum absolute atomic E-state index is 0.0686. The predicted octanol–water partition coefficient (Wildman–Crippen LogP) is 4.48. The summed E-state index contributed by atoms with van der Waals surface area (Å²) in [5.74, 6) is -1.58. The number of carboxylic acids is 1. The van der Waals surface area contributed by atoms with Gasteiger partial charge in [-0.15, -0.1) is 0 Å². The lowest BCUT2D eigenvalue weighted by molar-refractivity contribution is -0.138. The average Bonchev–Trinajstić information content (AvgIpc) is 2.82. The number of sulfonamides is 1. The number of carbonyl (C=O) groups is 1. The molecule has 213 valence electrons. The normalized spacial score (nSPS) is 13.4. The average molecular weight is 560 g/mol. The van der Waals surface area contributed by atoms with Crippen LogP contribution in [0.1, 0.15) is 100 Å². The van der Waals surface area contributed by atoms with Crippen molar-refractivity contribution in [3.8, 4) is 0 Å². The van der Waals surface area contributed by atoms with Crippen LogP contribution in [0.25, 0.3) is 0 Å². The van der Waals surface area contributed by atoms with Gasteiger partial charge < -0.3 is 20.9 Å². The maximum atomic E-state index is 13.7. The number of hydrogen-bond donors (Lipinski definition) is 5. The molecule has 0 aromatic heterocycles. The highest BCUT2D eigenvalue weighted by molar-refractivity contribution is 7.89. The maximum Gasteiger partial charge on any atom is 0.418 e. The molecule has 0 aliphatic heterocycles. The number of ether oxygens (including phenoxy) is 1. The number of carbonyl (C=O) groups excluding carboxylic acids is 1. The van der Waals surface area contributed by atoms with Crippen LogP contribution in [-0.2, 0) is 30.8 Å². The molecule has 2 rings (SSSR count). The summed E-state index contributed by atoms with van der Waals surface area (Å²) in [7, 11) is -4.22. The number of guanidine groups is 1. The van der Waals surface area contributed by atoms with Gasteiger partial charge in [0.15, 0.2) is 5.96 Å². The molecule has 11 heteroatoms. The molecule has 0 amide bonds. The third kappa shape index (κ3) is 7.79. The lowest BCUT2D eigenvalue weighted by atomic mass is 9.83. The van der Waals surface area contributed by atoms with Crippen LogP contribution in [0.2, 0.25) is 0 Å². The maximum absolute atomic E-state index is 13.7. The van der Waals surface area contributed by atoms with Crippen LogP contribution in [0.15, 0.2) is 35.2 Å². The fourth-order valence-corrected chi connectivity index (χ4v) is 6.32. The number of hydrogen-bond acceptors (Lipinski definition) is 6. The number of carboxylic acid groups (broad SMARTS) is 1. The molecule has 2 atom stereocenters. The van der Waals surface area contributed by atoms with Crippen molar-refractivity contribution in [1.29, 1.82) is 5.41 Å². The fourth-order valence-electron chi connectivity index (χ4n) is 4.75. The van der Waals surface area contributed by atoms with Gasteiger partial charge in [-0.05, 0) is 65.5 Å². The molecule has 0 fully saturated rings. The van der Waals surface area contributed by atoms with Gasteiger partial charge in [-0.25, -0.2) is 13.2 Å². The Bertz CT molecular complexity index is 1320. The van der Waals surface area contributed by atoms with Gasteiger partial charge in [-0.3, -0.25) is 10.2 Å². The number of benzene rings is 2. The van der Waals surface area contributed by atoms with E-state index in [1.807, 2.05) is 33.8 Å². The zero-order valence-electron chi connectivity index (χ0n) is 23.5. The van der Waals surface area contributed by atoms with Crippen LogP contribution in [0.5, 0.6) is 0 Å². The third-order valence-electron chi connectivity index (χ3n) is 6.43.